The number of esters is 1. The molecule has 0 aromatic heterocycles. The molecule has 0 aliphatic heterocycles. The molecule has 1 rings (SSSR count). The van der Waals surface area contributed by atoms with Crippen LogP contribution in [0.1, 0.15) is 5.56 Å². The summed E-state index contributed by atoms with van der Waals surface area (Å²) in [6.07, 6.45) is -0.273. The molecule has 1 aromatic carbocycles. The summed E-state index contributed by atoms with van der Waals surface area (Å²) in [5, 5.41) is 9.77. The lowest BCUT2D eigenvalue weighted by Crippen LogP contribution is -2.18. The number of methoxy groups -OCH3 is 1. The molecule has 0 bridgehead atoms. The Morgan fingerprint density at radius 1 is 1.41 bits per heavy atom. The second kappa shape index (κ2) is 7.29. The van der Waals surface area contributed by atoms with Crippen LogP contribution in [0.4, 0.5) is 0 Å². The van der Waals surface area contributed by atoms with Crippen molar-refractivity contribution in [3.63, 3.8) is 0 Å². The van der Waals surface area contributed by atoms with Gasteiger partial charge >= 0.3 is 5.97 Å². The van der Waals surface area contributed by atoms with Crippen LogP contribution in [-0.2, 0) is 16.0 Å². The van der Waals surface area contributed by atoms with Gasteiger partial charge in [-0.25, -0.2) is 0 Å². The Morgan fingerprint density at radius 3 is 2.59 bits per heavy atom. The summed E-state index contributed by atoms with van der Waals surface area (Å²) in [4.78, 5) is 11.0. The molecule has 1 N–H and O–H groups in total. The maximum absolute atomic E-state index is 11.0. The highest BCUT2D eigenvalue weighted by atomic mass is 79.9. The number of rotatable bonds is 6. The molecule has 0 amide bonds. The first-order valence-corrected chi connectivity index (χ1v) is 6.30. The number of aliphatic hydroxyl groups excluding tert-OH is 1. The zero-order valence-corrected chi connectivity index (χ0v) is 11.1. The molecule has 0 saturated carbocycles. The minimum absolute atomic E-state index is 0.238. The molecule has 4 nitrogen and oxygen atoms in total. The molecular weight excluding hydrogens is 288 g/mol. The summed E-state index contributed by atoms with van der Waals surface area (Å²) in [5.74, 6) is 0.395. The molecule has 0 radical (unpaired) electrons. The number of ether oxygens (including phenoxy) is 2. The van der Waals surface area contributed by atoms with Crippen LogP contribution in [0, 0.1) is 0 Å². The van der Waals surface area contributed by atoms with Crippen molar-refractivity contribution in [1.29, 1.82) is 0 Å². The third-order valence-electron chi connectivity index (χ3n) is 2.12. The van der Waals surface area contributed by atoms with Crippen LogP contribution < -0.4 is 4.74 Å². The summed E-state index contributed by atoms with van der Waals surface area (Å²) >= 11 is 3.15. The molecular formula is C12H15BrO4. The predicted molar refractivity (Wildman–Crippen MR) is 67.5 cm³/mol. The Bertz CT molecular complexity index is 350. The van der Waals surface area contributed by atoms with E-state index in [1.54, 1.807) is 24.3 Å². The maximum Gasteiger partial charge on any atom is 0.309 e. The van der Waals surface area contributed by atoms with Crippen LogP contribution in [0.2, 0.25) is 0 Å². The Morgan fingerprint density at radius 2 is 2.06 bits per heavy atom. The van der Waals surface area contributed by atoms with E-state index in [-0.39, 0.29) is 19.0 Å². The highest BCUT2D eigenvalue weighted by Crippen LogP contribution is 2.13. The summed E-state index contributed by atoms with van der Waals surface area (Å²) in [6, 6.07) is 7.12. The molecule has 0 aliphatic rings. The third-order valence-corrected chi connectivity index (χ3v) is 2.87. The van der Waals surface area contributed by atoms with Gasteiger partial charge in [-0.05, 0) is 17.7 Å². The summed E-state index contributed by atoms with van der Waals surface area (Å²) < 4.78 is 9.92. The zero-order valence-electron chi connectivity index (χ0n) is 9.56. The van der Waals surface area contributed by atoms with Crippen molar-refractivity contribution in [3.8, 4) is 5.75 Å². The van der Waals surface area contributed by atoms with E-state index in [9.17, 15) is 9.90 Å². The van der Waals surface area contributed by atoms with Crippen molar-refractivity contribution < 1.29 is 19.4 Å². The van der Waals surface area contributed by atoms with Gasteiger partial charge in [0.1, 0.15) is 12.4 Å². The average molecular weight is 303 g/mol. The van der Waals surface area contributed by atoms with Crippen LogP contribution in [0.5, 0.6) is 5.75 Å². The van der Waals surface area contributed by atoms with E-state index in [1.807, 2.05) is 0 Å². The number of alkyl halides is 1. The lowest BCUT2D eigenvalue weighted by atomic mass is 10.1. The largest absolute Gasteiger partial charge is 0.491 e. The molecule has 17 heavy (non-hydrogen) atoms. The number of hydrogen-bond donors (Lipinski definition) is 1. The van der Waals surface area contributed by atoms with Gasteiger partial charge in [0.2, 0.25) is 0 Å². The summed E-state index contributed by atoms with van der Waals surface area (Å²) in [7, 11) is 1.36. The van der Waals surface area contributed by atoms with E-state index in [0.717, 1.165) is 5.56 Å². The molecule has 0 heterocycles. The second-order valence-corrected chi connectivity index (χ2v) is 4.16. The van der Waals surface area contributed by atoms with Gasteiger partial charge in [-0.2, -0.15) is 0 Å². The SMILES string of the molecule is COC(=O)Cc1ccc(OCC(O)CBr)cc1. The minimum Gasteiger partial charge on any atom is -0.491 e. The highest BCUT2D eigenvalue weighted by Gasteiger charge is 2.04. The molecule has 94 valence electrons. The summed E-state index contributed by atoms with van der Waals surface area (Å²) in [5.41, 5.74) is 0.866. The van der Waals surface area contributed by atoms with E-state index in [4.69, 9.17) is 4.74 Å². The number of halogens is 1. The Kier molecular flexibility index (Phi) is 6.00. The van der Waals surface area contributed by atoms with Crippen molar-refractivity contribution in [2.75, 3.05) is 19.0 Å². The van der Waals surface area contributed by atoms with Crippen molar-refractivity contribution in [3.05, 3.63) is 29.8 Å². The lowest BCUT2D eigenvalue weighted by molar-refractivity contribution is -0.139. The van der Waals surface area contributed by atoms with Crippen LogP contribution in [0.3, 0.4) is 0 Å². The van der Waals surface area contributed by atoms with Gasteiger partial charge in [-0.15, -0.1) is 0 Å². The first-order valence-electron chi connectivity index (χ1n) is 5.18. The first kappa shape index (κ1) is 14.0. The van der Waals surface area contributed by atoms with Crippen molar-refractivity contribution in [2.45, 2.75) is 12.5 Å². The van der Waals surface area contributed by atoms with Crippen LogP contribution in [-0.4, -0.2) is 36.2 Å². The van der Waals surface area contributed by atoms with Crippen molar-refractivity contribution in [2.24, 2.45) is 0 Å². The van der Waals surface area contributed by atoms with E-state index in [2.05, 4.69) is 20.7 Å². The maximum atomic E-state index is 11.0. The predicted octanol–water partition coefficient (Wildman–Crippen LogP) is 1.54. The van der Waals surface area contributed by atoms with Gasteiger partial charge in [-0.3, -0.25) is 4.79 Å². The molecule has 0 saturated heterocycles. The van der Waals surface area contributed by atoms with Crippen LogP contribution in [0.15, 0.2) is 24.3 Å². The van der Waals surface area contributed by atoms with Gasteiger partial charge < -0.3 is 14.6 Å². The summed E-state index contributed by atoms with van der Waals surface area (Å²) in [6.45, 7) is 0.238. The third kappa shape index (κ3) is 5.19. The van der Waals surface area contributed by atoms with Gasteiger partial charge in [0.05, 0.1) is 19.6 Å². The van der Waals surface area contributed by atoms with E-state index < -0.39 is 6.10 Å². The number of aliphatic hydroxyl groups is 1. The van der Waals surface area contributed by atoms with E-state index in [1.165, 1.54) is 7.11 Å². The Hall–Kier alpha value is -1.07. The molecule has 1 atom stereocenters. The number of carbonyl (C=O) groups excluding carboxylic acids is 1. The normalized spacial score (nSPS) is 11.9. The molecule has 5 heteroatoms. The number of benzene rings is 1. The highest BCUT2D eigenvalue weighted by molar-refractivity contribution is 9.09. The second-order valence-electron chi connectivity index (χ2n) is 3.52. The van der Waals surface area contributed by atoms with Gasteiger partial charge in [0.25, 0.3) is 0 Å². The van der Waals surface area contributed by atoms with Crippen molar-refractivity contribution in [1.82, 2.24) is 0 Å². The average Bonchev–Trinajstić information content (AvgIpc) is 2.37. The number of hydrogen-bond acceptors (Lipinski definition) is 4. The molecule has 1 aromatic rings. The van der Waals surface area contributed by atoms with Crippen molar-refractivity contribution >= 4 is 21.9 Å². The van der Waals surface area contributed by atoms with Crippen LogP contribution >= 0.6 is 15.9 Å². The fourth-order valence-corrected chi connectivity index (χ4v) is 1.37. The monoisotopic (exact) mass is 302 g/mol. The Labute approximate surface area is 109 Å². The quantitative estimate of drug-likeness (QED) is 0.640. The van der Waals surface area contributed by atoms with E-state index in [0.29, 0.717) is 11.1 Å². The fraction of sp³-hybridized carbons (Fsp3) is 0.417. The van der Waals surface area contributed by atoms with E-state index >= 15 is 0 Å². The molecule has 1 unspecified atom stereocenters. The van der Waals surface area contributed by atoms with Crippen LogP contribution in [0.25, 0.3) is 0 Å². The number of carbonyl (C=O) groups is 1. The standard InChI is InChI=1S/C12H15BrO4/c1-16-12(15)6-9-2-4-11(5-3-9)17-8-10(14)7-13/h2-5,10,14H,6-8H2,1H3. The zero-order chi connectivity index (χ0) is 12.7. The lowest BCUT2D eigenvalue weighted by Gasteiger charge is -2.10. The molecule has 0 fully saturated rings. The smallest absolute Gasteiger partial charge is 0.309 e. The fourth-order valence-electron chi connectivity index (χ4n) is 1.18. The van der Waals surface area contributed by atoms with Gasteiger partial charge in [0.15, 0.2) is 0 Å². The van der Waals surface area contributed by atoms with Gasteiger partial charge in [0, 0.05) is 5.33 Å². The topological polar surface area (TPSA) is 55.8 Å². The van der Waals surface area contributed by atoms with Gasteiger partial charge in [-0.1, -0.05) is 28.1 Å². The Balaban J connectivity index is 2.47. The first-order chi connectivity index (χ1) is 8.15. The minimum atomic E-state index is -0.523. The molecule has 0 spiro atoms. The molecule has 0 aliphatic carbocycles.